The van der Waals surface area contributed by atoms with Crippen LogP contribution in [0.25, 0.3) is 0 Å². The number of carbonyl (C=O) groups is 6. The van der Waals surface area contributed by atoms with Gasteiger partial charge >= 0.3 is 17.7 Å². The zero-order valence-corrected chi connectivity index (χ0v) is 48.1. The molecule has 3 heterocycles. The van der Waals surface area contributed by atoms with Crippen LogP contribution in [0.4, 0.5) is 30.8 Å². The van der Waals surface area contributed by atoms with Gasteiger partial charge in [0.05, 0.1) is 98.1 Å². The summed E-state index contributed by atoms with van der Waals surface area (Å²) in [5.41, 5.74) is 2.92. The number of benzene rings is 3. The van der Waals surface area contributed by atoms with Gasteiger partial charge in [-0.3, -0.25) is 33.9 Å². The van der Waals surface area contributed by atoms with Crippen LogP contribution in [0.3, 0.4) is 0 Å². The predicted octanol–water partition coefficient (Wildman–Crippen LogP) is 2.79. The second-order valence-electron chi connectivity index (χ2n) is 19.9. The van der Waals surface area contributed by atoms with Gasteiger partial charge in [-0.05, 0) is 60.4 Å². The highest BCUT2D eigenvalue weighted by Gasteiger charge is 2.59. The molecule has 86 heavy (non-hydrogen) atoms. The van der Waals surface area contributed by atoms with Crippen molar-refractivity contribution >= 4 is 52.8 Å². The lowest BCUT2D eigenvalue weighted by atomic mass is 10.0. The molecule has 25 nitrogen and oxygen atoms in total. The van der Waals surface area contributed by atoms with E-state index in [1.54, 1.807) is 30.9 Å². The Balaban J connectivity index is 0.710. The highest BCUT2D eigenvalue weighted by molar-refractivity contribution is 5.98. The number of aromatic nitrogens is 2. The summed E-state index contributed by atoms with van der Waals surface area (Å²) in [6, 6.07) is 20.5. The third-order valence-electron chi connectivity index (χ3n) is 13.1. The molecule has 2 aliphatic heterocycles. The number of nitrogens with one attached hydrogen (secondary N) is 5. The molecule has 0 radical (unpaired) electrons. The fourth-order valence-electron chi connectivity index (χ4n) is 8.43. The van der Waals surface area contributed by atoms with Crippen molar-refractivity contribution in [2.75, 3.05) is 108 Å². The van der Waals surface area contributed by atoms with E-state index in [0.717, 1.165) is 34.6 Å². The average Bonchev–Trinajstić information content (AvgIpc) is 3.59. The highest BCUT2D eigenvalue weighted by Crippen LogP contribution is 2.42. The van der Waals surface area contributed by atoms with Crippen molar-refractivity contribution in [3.8, 4) is 11.8 Å². The van der Waals surface area contributed by atoms with Crippen LogP contribution in [0, 0.1) is 17.8 Å². The van der Waals surface area contributed by atoms with Gasteiger partial charge in [-0.1, -0.05) is 68.2 Å². The maximum absolute atomic E-state index is 14.5. The lowest BCUT2D eigenvalue weighted by molar-refractivity contribution is -0.140. The fraction of sp³-hybridized carbons (Fsp3) is 0.492. The first-order valence-corrected chi connectivity index (χ1v) is 28.0. The van der Waals surface area contributed by atoms with Crippen molar-refractivity contribution in [2.45, 2.75) is 89.6 Å². The quantitative estimate of drug-likeness (QED) is 0.0257. The van der Waals surface area contributed by atoms with E-state index in [2.05, 4.69) is 43.4 Å². The summed E-state index contributed by atoms with van der Waals surface area (Å²) in [6.07, 6.45) is -6.28. The number of rotatable bonds is 35. The number of hydrogen-bond acceptors (Lipinski definition) is 18. The Morgan fingerprint density at radius 3 is 1.92 bits per heavy atom. The third-order valence-corrected chi connectivity index (χ3v) is 13.1. The Kier molecular flexibility index (Phi) is 27.4. The van der Waals surface area contributed by atoms with Gasteiger partial charge in [0.2, 0.25) is 35.8 Å². The van der Waals surface area contributed by atoms with Crippen molar-refractivity contribution in [1.82, 2.24) is 25.5 Å². The first-order valence-electron chi connectivity index (χ1n) is 28.0. The molecule has 2 aliphatic rings. The Hall–Kier alpha value is -7.78. The maximum atomic E-state index is 14.5. The van der Waals surface area contributed by atoms with Crippen molar-refractivity contribution in [1.29, 1.82) is 0 Å². The summed E-state index contributed by atoms with van der Waals surface area (Å²) in [5, 5.41) is 31.9. The summed E-state index contributed by atoms with van der Waals surface area (Å²) in [4.78, 5) is 94.8. The summed E-state index contributed by atoms with van der Waals surface area (Å²) in [7, 11) is 0. The molecule has 1 saturated heterocycles. The number of halogens is 2. The molecule has 6 amide bonds. The van der Waals surface area contributed by atoms with E-state index in [1.165, 1.54) is 19.1 Å². The maximum Gasteiger partial charge on any atom is 0.413 e. The zero-order valence-electron chi connectivity index (χ0n) is 48.1. The average molecular weight is 1210 g/mol. The molecule has 0 bridgehead atoms. The molecule has 0 saturated carbocycles. The van der Waals surface area contributed by atoms with E-state index >= 15 is 0 Å². The molecule has 4 aromatic rings. The molecule has 1 fully saturated rings. The van der Waals surface area contributed by atoms with E-state index in [9.17, 15) is 52.6 Å². The van der Waals surface area contributed by atoms with Crippen LogP contribution in [0.1, 0.15) is 68.5 Å². The fourth-order valence-corrected chi connectivity index (χ4v) is 8.43. The van der Waals surface area contributed by atoms with Gasteiger partial charge in [-0.25, -0.2) is 9.59 Å². The van der Waals surface area contributed by atoms with Gasteiger partial charge in [0.15, 0.2) is 6.10 Å². The molecule has 0 spiro atoms. The molecule has 3 aromatic carbocycles. The minimum Gasteiger partial charge on any atom is -0.444 e. The monoisotopic (exact) mass is 1200 g/mol. The van der Waals surface area contributed by atoms with Crippen LogP contribution in [0.5, 0.6) is 0 Å². The highest BCUT2D eigenvalue weighted by atomic mass is 19.3. The summed E-state index contributed by atoms with van der Waals surface area (Å²) >= 11 is 0. The van der Waals surface area contributed by atoms with Gasteiger partial charge < -0.3 is 74.3 Å². The molecule has 5 atom stereocenters. The SMILES string of the molecule is CC(C)[C@H](NC(=O)CCOCCOCCOCCOCCOCCOCCNC(=O)CCC(=O)N1Cc2ccccc2C#Cc2ccccc21)C(=O)N[C@@H](C)C(=O)Nc1ccc(COC(=O)Nc2ccn([C@@H]3O[C@H](CO)[C@@H](O)C3(F)F)c(=O)n2)cc1. The number of ether oxygens (including phenoxy) is 8. The van der Waals surface area contributed by atoms with Crippen LogP contribution in [0.2, 0.25) is 0 Å². The molecule has 0 unspecified atom stereocenters. The van der Waals surface area contributed by atoms with E-state index in [-0.39, 0.29) is 69.2 Å². The first kappa shape index (κ1) is 67.3. The number of amides is 6. The van der Waals surface area contributed by atoms with E-state index < -0.39 is 72.6 Å². The Labute approximate surface area is 495 Å². The largest absolute Gasteiger partial charge is 0.444 e. The lowest BCUT2D eigenvalue weighted by Gasteiger charge is -2.26. The number of hydrogen-bond donors (Lipinski definition) is 7. The van der Waals surface area contributed by atoms with E-state index in [0.29, 0.717) is 88.4 Å². The number of para-hydroxylation sites is 1. The molecular formula is C59H74F2N8O17. The van der Waals surface area contributed by atoms with Crippen molar-refractivity contribution in [2.24, 2.45) is 5.92 Å². The normalized spacial score (nSPS) is 16.5. The second-order valence-corrected chi connectivity index (χ2v) is 19.9. The second kappa shape index (κ2) is 35.0. The number of fused-ring (bicyclic) bond motifs is 2. The van der Waals surface area contributed by atoms with Gasteiger partial charge in [-0.2, -0.15) is 13.8 Å². The standard InChI is InChI=1S/C59H74F2N8O17/c1-39(2)52(55(76)63-40(3)54(75)64-45-16-12-41(13-17-45)38-85-58(78)66-48-20-23-68(57(77)65-48)56-59(60,61)53(74)47(37-70)86-56)67-50(72)21-24-79-26-28-81-30-32-83-34-35-84-33-31-82-29-27-80-25-22-62-49(71)18-19-51(73)69-36-44-10-5-4-8-42(44)14-15-43-9-6-7-11-46(43)69/h4-13,16-17,20,23,39-40,47,52-53,56,70,74H,18-19,21-22,24-38H2,1-3H3,(H,62,71)(H,63,76)(H,64,75)(H,67,72)(H,65,66,77,78)/t40-,47+,52-,53+,56+/m0/s1. The van der Waals surface area contributed by atoms with Crippen molar-refractivity contribution < 1.29 is 85.7 Å². The number of nitrogens with zero attached hydrogens (tertiary/aromatic N) is 3. The smallest absolute Gasteiger partial charge is 0.413 e. The first-order chi connectivity index (χ1) is 41.4. The molecule has 27 heteroatoms. The predicted molar refractivity (Wildman–Crippen MR) is 306 cm³/mol. The summed E-state index contributed by atoms with van der Waals surface area (Å²) < 4.78 is 72.6. The van der Waals surface area contributed by atoms with Crippen molar-refractivity contribution in [3.63, 3.8) is 0 Å². The van der Waals surface area contributed by atoms with Gasteiger partial charge in [0, 0.05) is 48.8 Å². The van der Waals surface area contributed by atoms with E-state index in [4.69, 9.17) is 37.9 Å². The number of anilines is 3. The zero-order chi connectivity index (χ0) is 61.8. The van der Waals surface area contributed by atoms with Crippen LogP contribution in [-0.4, -0.2) is 178 Å². The lowest BCUT2D eigenvalue weighted by Crippen LogP contribution is -2.53. The van der Waals surface area contributed by atoms with Gasteiger partial charge in [0.25, 0.3) is 0 Å². The summed E-state index contributed by atoms with van der Waals surface area (Å²) in [5.74, 6) is -0.106. The minimum atomic E-state index is -3.91. The van der Waals surface area contributed by atoms with Crippen molar-refractivity contribution in [3.05, 3.63) is 118 Å². The Bertz CT molecular complexity index is 3000. The summed E-state index contributed by atoms with van der Waals surface area (Å²) in [6.45, 7) is 8.20. The van der Waals surface area contributed by atoms with Crippen LogP contribution < -0.4 is 37.2 Å². The van der Waals surface area contributed by atoms with Gasteiger partial charge in [-0.15, -0.1) is 0 Å². The van der Waals surface area contributed by atoms with Crippen LogP contribution >= 0.6 is 0 Å². The molecule has 6 rings (SSSR count). The molecule has 466 valence electrons. The topological polar surface area (TPSA) is 315 Å². The van der Waals surface area contributed by atoms with Crippen LogP contribution in [0.15, 0.2) is 89.9 Å². The number of aliphatic hydroxyl groups excluding tert-OH is 2. The minimum absolute atomic E-state index is 0.0204. The Morgan fingerprint density at radius 2 is 1.30 bits per heavy atom. The molecule has 1 aromatic heterocycles. The van der Waals surface area contributed by atoms with E-state index in [1.807, 2.05) is 48.5 Å². The number of aliphatic hydroxyl groups is 2. The van der Waals surface area contributed by atoms with Gasteiger partial charge in [0.1, 0.15) is 30.6 Å². The number of carbonyl (C=O) groups excluding carboxylic acids is 6. The molecule has 7 N–H and O–H groups in total. The van der Waals surface area contributed by atoms with Crippen LogP contribution in [-0.2, 0) is 75.0 Å². The molecular weight excluding hydrogens is 1130 g/mol. The third kappa shape index (κ3) is 21.3. The molecule has 0 aliphatic carbocycles. The Morgan fingerprint density at radius 1 is 0.709 bits per heavy atom. The number of alkyl halides is 2.